The quantitative estimate of drug-likeness (QED) is 0.575. The van der Waals surface area contributed by atoms with Gasteiger partial charge in [0.1, 0.15) is 5.01 Å². The number of sulfone groups is 1. The molecule has 0 aliphatic carbocycles. The number of guanidine groups is 1. The Balaban J connectivity index is 2.73. The van der Waals surface area contributed by atoms with Crippen molar-refractivity contribution in [2.75, 3.05) is 19.3 Å². The third-order valence-electron chi connectivity index (χ3n) is 3.56. The third-order valence-corrected chi connectivity index (χ3v) is 6.57. The number of aromatic nitrogens is 1. The van der Waals surface area contributed by atoms with Gasteiger partial charge in [0.25, 0.3) is 0 Å². The van der Waals surface area contributed by atoms with Crippen LogP contribution in [0, 0.1) is 0 Å². The van der Waals surface area contributed by atoms with Crippen molar-refractivity contribution in [1.29, 1.82) is 0 Å². The minimum absolute atomic E-state index is 0.298. The maximum atomic E-state index is 11.8. The summed E-state index contributed by atoms with van der Waals surface area (Å²) in [7, 11) is -3.14. The first-order valence-electron chi connectivity index (χ1n) is 7.73. The van der Waals surface area contributed by atoms with Gasteiger partial charge in [0.15, 0.2) is 15.8 Å². The number of nitrogens with one attached hydrogen (secondary N) is 2. The zero-order valence-electron chi connectivity index (χ0n) is 14.8. The lowest BCUT2D eigenvalue weighted by Gasteiger charge is -2.24. The second-order valence-corrected chi connectivity index (χ2v) is 9.99. The van der Waals surface area contributed by atoms with Crippen LogP contribution >= 0.6 is 11.3 Å². The van der Waals surface area contributed by atoms with E-state index in [1.165, 1.54) is 6.26 Å². The summed E-state index contributed by atoms with van der Waals surface area (Å²) in [5.41, 5.74) is 1.08. The summed E-state index contributed by atoms with van der Waals surface area (Å²) >= 11 is 1.60. The van der Waals surface area contributed by atoms with Crippen molar-refractivity contribution in [2.45, 2.75) is 51.8 Å². The molecule has 1 heterocycles. The molecule has 0 aliphatic heterocycles. The van der Waals surface area contributed by atoms with E-state index in [1.54, 1.807) is 25.2 Å². The number of thiazole rings is 1. The number of aliphatic imine (C=N–C) groups is 1. The SMILES string of the molecule is CCNC(=NCc1nc(C(C)C)cs1)NCC(C)(C)S(C)(=O)=O. The van der Waals surface area contributed by atoms with Gasteiger partial charge in [0.2, 0.25) is 0 Å². The van der Waals surface area contributed by atoms with E-state index in [9.17, 15) is 8.42 Å². The largest absolute Gasteiger partial charge is 0.357 e. The first-order valence-corrected chi connectivity index (χ1v) is 10.5. The van der Waals surface area contributed by atoms with E-state index in [0.717, 1.165) is 10.7 Å². The number of hydrogen-bond acceptors (Lipinski definition) is 5. The van der Waals surface area contributed by atoms with Gasteiger partial charge in [-0.1, -0.05) is 13.8 Å². The van der Waals surface area contributed by atoms with Crippen LogP contribution in [0.25, 0.3) is 0 Å². The predicted octanol–water partition coefficient (Wildman–Crippen LogP) is 2.14. The van der Waals surface area contributed by atoms with Crippen LogP contribution in [0.3, 0.4) is 0 Å². The van der Waals surface area contributed by atoms with Gasteiger partial charge in [-0.05, 0) is 26.7 Å². The Morgan fingerprint density at radius 1 is 1.39 bits per heavy atom. The molecular formula is C15H28N4O2S2. The van der Waals surface area contributed by atoms with Crippen LogP contribution in [0.5, 0.6) is 0 Å². The van der Waals surface area contributed by atoms with Gasteiger partial charge in [-0.3, -0.25) is 0 Å². The van der Waals surface area contributed by atoms with Crippen LogP contribution in [-0.2, 0) is 16.4 Å². The molecule has 0 fully saturated rings. The van der Waals surface area contributed by atoms with Crippen molar-refractivity contribution in [3.8, 4) is 0 Å². The molecule has 0 saturated heterocycles. The zero-order chi connectivity index (χ0) is 17.7. The fourth-order valence-electron chi connectivity index (χ4n) is 1.58. The monoisotopic (exact) mass is 360 g/mol. The van der Waals surface area contributed by atoms with Gasteiger partial charge in [0.05, 0.1) is 17.0 Å². The normalized spacial score (nSPS) is 13.4. The van der Waals surface area contributed by atoms with E-state index in [2.05, 4.69) is 39.8 Å². The van der Waals surface area contributed by atoms with E-state index in [1.807, 2.05) is 6.92 Å². The highest BCUT2D eigenvalue weighted by atomic mass is 32.2. The Morgan fingerprint density at radius 2 is 2.04 bits per heavy atom. The second kappa shape index (κ2) is 8.10. The number of rotatable bonds is 7. The summed E-state index contributed by atoms with van der Waals surface area (Å²) in [6, 6.07) is 0. The zero-order valence-corrected chi connectivity index (χ0v) is 16.4. The summed E-state index contributed by atoms with van der Waals surface area (Å²) in [5, 5.41) is 9.24. The van der Waals surface area contributed by atoms with Crippen molar-refractivity contribution in [1.82, 2.24) is 15.6 Å². The fraction of sp³-hybridized carbons (Fsp3) is 0.733. The highest BCUT2D eigenvalue weighted by molar-refractivity contribution is 7.92. The van der Waals surface area contributed by atoms with E-state index in [4.69, 9.17) is 0 Å². The lowest BCUT2D eigenvalue weighted by Crippen LogP contribution is -2.47. The standard InChI is InChI=1S/C15H28N4O2S2/c1-7-16-14(18-10-15(4,5)23(6,20)21)17-8-13-19-12(9-22-13)11(2)3/h9,11H,7-8,10H2,1-6H3,(H2,16,17,18). The lowest BCUT2D eigenvalue weighted by atomic mass is 10.2. The van der Waals surface area contributed by atoms with Crippen molar-refractivity contribution in [2.24, 2.45) is 4.99 Å². The molecule has 23 heavy (non-hydrogen) atoms. The number of hydrogen-bond donors (Lipinski definition) is 2. The molecule has 0 spiro atoms. The van der Waals surface area contributed by atoms with E-state index < -0.39 is 14.6 Å². The average molecular weight is 361 g/mol. The highest BCUT2D eigenvalue weighted by Gasteiger charge is 2.30. The fourth-order valence-corrected chi connectivity index (χ4v) is 2.79. The Bertz CT molecular complexity index is 634. The van der Waals surface area contributed by atoms with Crippen LogP contribution in [-0.4, -0.2) is 43.5 Å². The summed E-state index contributed by atoms with van der Waals surface area (Å²) in [5.74, 6) is 1.01. The molecule has 2 N–H and O–H groups in total. The van der Waals surface area contributed by atoms with Crippen molar-refractivity contribution in [3.05, 3.63) is 16.1 Å². The highest BCUT2D eigenvalue weighted by Crippen LogP contribution is 2.18. The maximum Gasteiger partial charge on any atom is 0.191 e. The average Bonchev–Trinajstić information content (AvgIpc) is 2.89. The molecule has 0 bridgehead atoms. The molecule has 0 radical (unpaired) electrons. The Labute approximate surface area is 143 Å². The summed E-state index contributed by atoms with van der Waals surface area (Å²) in [4.78, 5) is 9.04. The van der Waals surface area contributed by atoms with Crippen LogP contribution < -0.4 is 10.6 Å². The van der Waals surface area contributed by atoms with Crippen LogP contribution in [0.1, 0.15) is 51.2 Å². The van der Waals surface area contributed by atoms with Gasteiger partial charge >= 0.3 is 0 Å². The van der Waals surface area contributed by atoms with Crippen LogP contribution in [0.4, 0.5) is 0 Å². The summed E-state index contributed by atoms with van der Waals surface area (Å²) < 4.78 is 22.7. The topological polar surface area (TPSA) is 83.4 Å². The first-order chi connectivity index (χ1) is 10.6. The molecule has 0 atom stereocenters. The van der Waals surface area contributed by atoms with Crippen molar-refractivity contribution >= 4 is 27.1 Å². The summed E-state index contributed by atoms with van der Waals surface area (Å²) in [6.45, 7) is 11.1. The van der Waals surface area contributed by atoms with Crippen LogP contribution in [0.15, 0.2) is 10.4 Å². The Morgan fingerprint density at radius 3 is 2.52 bits per heavy atom. The molecule has 132 valence electrons. The lowest BCUT2D eigenvalue weighted by molar-refractivity contribution is 0.544. The van der Waals surface area contributed by atoms with E-state index >= 15 is 0 Å². The maximum absolute atomic E-state index is 11.8. The van der Waals surface area contributed by atoms with Crippen molar-refractivity contribution < 1.29 is 8.42 Å². The van der Waals surface area contributed by atoms with Gasteiger partial charge in [-0.25, -0.2) is 18.4 Å². The molecule has 0 aromatic carbocycles. The molecule has 0 amide bonds. The van der Waals surface area contributed by atoms with Gasteiger partial charge in [-0.15, -0.1) is 11.3 Å². The Hall–Kier alpha value is -1.15. The van der Waals surface area contributed by atoms with E-state index in [0.29, 0.717) is 31.5 Å². The minimum Gasteiger partial charge on any atom is -0.357 e. The van der Waals surface area contributed by atoms with Gasteiger partial charge in [-0.2, -0.15) is 0 Å². The third kappa shape index (κ3) is 6.10. The molecule has 0 unspecified atom stereocenters. The molecule has 0 saturated carbocycles. The molecule has 0 aliphatic rings. The predicted molar refractivity (Wildman–Crippen MR) is 97.9 cm³/mol. The molecule has 8 heteroatoms. The number of nitrogens with zero attached hydrogens (tertiary/aromatic N) is 2. The van der Waals surface area contributed by atoms with Gasteiger partial charge < -0.3 is 10.6 Å². The van der Waals surface area contributed by atoms with E-state index in [-0.39, 0.29) is 0 Å². The summed E-state index contributed by atoms with van der Waals surface area (Å²) in [6.07, 6.45) is 1.25. The molecular weight excluding hydrogens is 332 g/mol. The molecule has 1 aromatic rings. The Kier molecular flexibility index (Phi) is 7.01. The smallest absolute Gasteiger partial charge is 0.191 e. The minimum atomic E-state index is -3.14. The first kappa shape index (κ1) is 19.9. The second-order valence-electron chi connectivity index (χ2n) is 6.40. The molecule has 1 aromatic heterocycles. The molecule has 1 rings (SSSR count). The van der Waals surface area contributed by atoms with Crippen molar-refractivity contribution in [3.63, 3.8) is 0 Å². The van der Waals surface area contributed by atoms with Gasteiger partial charge in [0, 0.05) is 24.7 Å². The van der Waals surface area contributed by atoms with Crippen LogP contribution in [0.2, 0.25) is 0 Å². The molecule has 6 nitrogen and oxygen atoms in total.